The fourth-order valence-corrected chi connectivity index (χ4v) is 3.16. The van der Waals surface area contributed by atoms with E-state index >= 15 is 0 Å². The van der Waals surface area contributed by atoms with Gasteiger partial charge < -0.3 is 9.47 Å². The third-order valence-corrected chi connectivity index (χ3v) is 4.62. The van der Waals surface area contributed by atoms with Crippen molar-refractivity contribution < 1.29 is 19.1 Å². The number of aromatic nitrogens is 2. The lowest BCUT2D eigenvalue weighted by Gasteiger charge is -2.09. The van der Waals surface area contributed by atoms with Crippen LogP contribution in [0.3, 0.4) is 0 Å². The number of carbonyl (C=O) groups excluding carboxylic acids is 2. The number of nitrogens with one attached hydrogen (secondary N) is 2. The summed E-state index contributed by atoms with van der Waals surface area (Å²) < 4.78 is 12.5. The number of hydrogen-bond acceptors (Lipinski definition) is 5. The fraction of sp³-hybridized carbons (Fsp3) is 0.450. The summed E-state index contributed by atoms with van der Waals surface area (Å²) in [4.78, 5) is 24.4. The summed E-state index contributed by atoms with van der Waals surface area (Å²) in [5.74, 6) is 0.946. The van der Waals surface area contributed by atoms with E-state index in [1.54, 1.807) is 18.2 Å². The molecule has 1 aliphatic heterocycles. The van der Waals surface area contributed by atoms with Crippen LogP contribution in [-0.4, -0.2) is 28.4 Å². The average molecular weight is 386 g/mol. The Bertz CT molecular complexity index is 889. The van der Waals surface area contributed by atoms with Crippen molar-refractivity contribution in [2.75, 3.05) is 6.79 Å². The summed E-state index contributed by atoms with van der Waals surface area (Å²) in [6.45, 7) is 9.27. The van der Waals surface area contributed by atoms with E-state index in [0.29, 0.717) is 29.4 Å². The summed E-state index contributed by atoms with van der Waals surface area (Å²) in [6, 6.07) is 4.87. The first-order valence-electron chi connectivity index (χ1n) is 9.37. The zero-order valence-corrected chi connectivity index (χ0v) is 16.7. The molecule has 28 heavy (non-hydrogen) atoms. The number of hydrazine groups is 1. The van der Waals surface area contributed by atoms with E-state index in [2.05, 4.69) is 29.8 Å². The molecule has 0 saturated heterocycles. The summed E-state index contributed by atoms with van der Waals surface area (Å²) >= 11 is 0. The van der Waals surface area contributed by atoms with Gasteiger partial charge in [0.1, 0.15) is 0 Å². The van der Waals surface area contributed by atoms with Gasteiger partial charge in [0.05, 0.1) is 5.69 Å². The summed E-state index contributed by atoms with van der Waals surface area (Å²) in [7, 11) is 0. The molecule has 150 valence electrons. The molecular weight excluding hydrogens is 360 g/mol. The van der Waals surface area contributed by atoms with Gasteiger partial charge in [0.2, 0.25) is 12.7 Å². The lowest BCUT2D eigenvalue weighted by molar-refractivity contribution is -0.121. The molecule has 0 fully saturated rings. The van der Waals surface area contributed by atoms with Gasteiger partial charge >= 0.3 is 0 Å². The highest BCUT2D eigenvalue weighted by atomic mass is 16.7. The van der Waals surface area contributed by atoms with Crippen LogP contribution >= 0.6 is 0 Å². The molecule has 2 heterocycles. The molecule has 0 bridgehead atoms. The predicted molar refractivity (Wildman–Crippen MR) is 103 cm³/mol. The van der Waals surface area contributed by atoms with Crippen LogP contribution in [0.1, 0.15) is 47.6 Å². The maximum atomic E-state index is 12.2. The highest BCUT2D eigenvalue weighted by molar-refractivity contribution is 5.96. The first-order valence-corrected chi connectivity index (χ1v) is 9.37. The van der Waals surface area contributed by atoms with Crippen LogP contribution in [0.5, 0.6) is 11.5 Å². The minimum atomic E-state index is -0.413. The Labute approximate surface area is 164 Å². The zero-order chi connectivity index (χ0) is 20.3. The summed E-state index contributed by atoms with van der Waals surface area (Å²) in [6.07, 6.45) is 0.831. The fourth-order valence-electron chi connectivity index (χ4n) is 3.16. The molecule has 3 rings (SSSR count). The predicted octanol–water partition coefficient (Wildman–Crippen LogP) is 2.28. The third kappa shape index (κ3) is 4.44. The number of carbonyl (C=O) groups is 2. The van der Waals surface area contributed by atoms with Gasteiger partial charge in [-0.1, -0.05) is 13.8 Å². The smallest absolute Gasteiger partial charge is 0.269 e. The lowest BCUT2D eigenvalue weighted by Crippen LogP contribution is -2.41. The minimum absolute atomic E-state index is 0.143. The molecule has 0 radical (unpaired) electrons. The Balaban J connectivity index is 1.51. The second-order valence-electron chi connectivity index (χ2n) is 7.30. The quantitative estimate of drug-likeness (QED) is 0.743. The molecule has 1 aliphatic rings. The van der Waals surface area contributed by atoms with E-state index in [0.717, 1.165) is 23.5 Å². The van der Waals surface area contributed by atoms with Gasteiger partial charge in [-0.3, -0.25) is 25.1 Å². The maximum Gasteiger partial charge on any atom is 0.269 e. The minimum Gasteiger partial charge on any atom is -0.454 e. The normalized spacial score (nSPS) is 12.3. The molecular formula is C20H26N4O4. The van der Waals surface area contributed by atoms with Gasteiger partial charge in [0.15, 0.2) is 11.5 Å². The van der Waals surface area contributed by atoms with Crippen molar-refractivity contribution >= 4 is 11.8 Å². The van der Waals surface area contributed by atoms with Gasteiger partial charge in [0, 0.05) is 24.2 Å². The molecule has 2 amide bonds. The largest absolute Gasteiger partial charge is 0.454 e. The molecule has 0 unspecified atom stereocenters. The number of ether oxygens (including phenoxy) is 2. The Morgan fingerprint density at radius 2 is 1.93 bits per heavy atom. The molecule has 2 N–H and O–H groups in total. The van der Waals surface area contributed by atoms with E-state index in [4.69, 9.17) is 9.47 Å². The number of nitrogens with zero attached hydrogens (tertiary/aromatic N) is 2. The molecule has 0 spiro atoms. The second-order valence-corrected chi connectivity index (χ2v) is 7.30. The first kappa shape index (κ1) is 19.7. The number of benzene rings is 1. The van der Waals surface area contributed by atoms with E-state index in [1.807, 2.05) is 18.5 Å². The van der Waals surface area contributed by atoms with Gasteiger partial charge in [-0.25, -0.2) is 0 Å². The molecule has 0 atom stereocenters. The van der Waals surface area contributed by atoms with Crippen molar-refractivity contribution in [2.24, 2.45) is 5.92 Å². The Hall–Kier alpha value is -3.03. The number of amides is 2. The van der Waals surface area contributed by atoms with Gasteiger partial charge in [-0.2, -0.15) is 5.10 Å². The maximum absolute atomic E-state index is 12.2. The average Bonchev–Trinajstić information content (AvgIpc) is 3.22. The second kappa shape index (κ2) is 8.33. The van der Waals surface area contributed by atoms with Crippen molar-refractivity contribution in [3.05, 3.63) is 40.7 Å². The molecule has 1 aromatic carbocycles. The number of hydrogen-bond donors (Lipinski definition) is 2. The lowest BCUT2D eigenvalue weighted by atomic mass is 10.1. The molecule has 1 aromatic heterocycles. The van der Waals surface area contributed by atoms with E-state index in [1.165, 1.54) is 0 Å². The van der Waals surface area contributed by atoms with Crippen molar-refractivity contribution in [3.63, 3.8) is 0 Å². The van der Waals surface area contributed by atoms with Crippen LogP contribution < -0.4 is 20.3 Å². The van der Waals surface area contributed by atoms with Crippen molar-refractivity contribution in [2.45, 2.75) is 47.1 Å². The van der Waals surface area contributed by atoms with Crippen molar-refractivity contribution in [3.8, 4) is 11.5 Å². The molecule has 2 aromatic rings. The van der Waals surface area contributed by atoms with Crippen LogP contribution in [0.25, 0.3) is 0 Å². The van der Waals surface area contributed by atoms with Crippen LogP contribution in [0.4, 0.5) is 0 Å². The topological polar surface area (TPSA) is 94.5 Å². The zero-order valence-electron chi connectivity index (χ0n) is 16.7. The van der Waals surface area contributed by atoms with Crippen LogP contribution in [0, 0.1) is 19.8 Å². The van der Waals surface area contributed by atoms with E-state index in [9.17, 15) is 9.59 Å². The van der Waals surface area contributed by atoms with Gasteiger partial charge in [-0.05, 0) is 49.9 Å². The van der Waals surface area contributed by atoms with Gasteiger partial charge in [0.25, 0.3) is 5.91 Å². The molecule has 8 nitrogen and oxygen atoms in total. The van der Waals surface area contributed by atoms with Crippen LogP contribution in [0.15, 0.2) is 18.2 Å². The standard InChI is InChI=1S/C20H26N4O4/c1-12(2)10-24-14(4)16(13(3)23-24)6-8-19(25)21-22-20(26)15-5-7-17-18(9-15)28-11-27-17/h5,7,9,12H,6,8,10-11H2,1-4H3,(H,21,25)(H,22,26). The van der Waals surface area contributed by atoms with Crippen molar-refractivity contribution in [1.82, 2.24) is 20.6 Å². The number of aryl methyl sites for hydroxylation is 1. The molecule has 0 aliphatic carbocycles. The van der Waals surface area contributed by atoms with Crippen LogP contribution in [0.2, 0.25) is 0 Å². The third-order valence-electron chi connectivity index (χ3n) is 4.62. The highest BCUT2D eigenvalue weighted by Gasteiger charge is 2.17. The Kier molecular flexibility index (Phi) is 5.87. The SMILES string of the molecule is Cc1nn(CC(C)C)c(C)c1CCC(=O)NNC(=O)c1ccc2c(c1)OCO2. The van der Waals surface area contributed by atoms with Crippen molar-refractivity contribution in [1.29, 1.82) is 0 Å². The Morgan fingerprint density at radius 1 is 1.18 bits per heavy atom. The molecule has 8 heteroatoms. The number of fused-ring (bicyclic) bond motifs is 1. The first-order chi connectivity index (χ1) is 13.3. The monoisotopic (exact) mass is 386 g/mol. The summed E-state index contributed by atoms with van der Waals surface area (Å²) in [5, 5.41) is 4.56. The van der Waals surface area contributed by atoms with E-state index in [-0.39, 0.29) is 19.1 Å². The Morgan fingerprint density at radius 3 is 2.68 bits per heavy atom. The van der Waals surface area contributed by atoms with E-state index < -0.39 is 5.91 Å². The highest BCUT2D eigenvalue weighted by Crippen LogP contribution is 2.32. The van der Waals surface area contributed by atoms with Crippen LogP contribution in [-0.2, 0) is 17.8 Å². The van der Waals surface area contributed by atoms with Gasteiger partial charge in [-0.15, -0.1) is 0 Å². The number of rotatable bonds is 6. The molecule has 0 saturated carbocycles. The summed E-state index contributed by atoms with van der Waals surface area (Å²) in [5.41, 5.74) is 8.38.